The van der Waals surface area contributed by atoms with E-state index in [4.69, 9.17) is 4.74 Å². The van der Waals surface area contributed by atoms with Gasteiger partial charge in [-0.25, -0.2) is 18.4 Å². The molecule has 2 heterocycles. The van der Waals surface area contributed by atoms with E-state index in [0.717, 1.165) is 36.9 Å². The van der Waals surface area contributed by atoms with Gasteiger partial charge in [0.1, 0.15) is 10.3 Å². The highest BCUT2D eigenvalue weighted by molar-refractivity contribution is 7.92. The van der Waals surface area contributed by atoms with Crippen LogP contribution in [0.1, 0.15) is 49.1 Å². The second-order valence-electron chi connectivity index (χ2n) is 11.0. The summed E-state index contributed by atoms with van der Waals surface area (Å²) in [4.78, 5) is 25.5. The van der Waals surface area contributed by atoms with Crippen molar-refractivity contribution in [3.05, 3.63) is 71.8 Å². The molecule has 42 heavy (non-hydrogen) atoms. The molecule has 0 spiro atoms. The van der Waals surface area contributed by atoms with Crippen molar-refractivity contribution in [2.45, 2.75) is 49.3 Å². The van der Waals surface area contributed by atoms with Crippen LogP contribution < -0.4 is 14.8 Å². The van der Waals surface area contributed by atoms with Crippen molar-refractivity contribution in [2.75, 3.05) is 37.8 Å². The number of carbonyl (C=O) groups excluding carboxylic acids is 1. The Morgan fingerprint density at radius 1 is 1.02 bits per heavy atom. The number of nitrogens with zero attached hydrogens (tertiary/aromatic N) is 3. The fourth-order valence-corrected chi connectivity index (χ4v) is 7.21. The van der Waals surface area contributed by atoms with E-state index in [1.54, 1.807) is 49.6 Å². The highest BCUT2D eigenvalue weighted by Crippen LogP contribution is 2.36. The molecule has 2 aromatic carbocycles. The molecule has 5 rings (SSSR count). The lowest BCUT2D eigenvalue weighted by Gasteiger charge is -2.20. The van der Waals surface area contributed by atoms with Gasteiger partial charge in [-0.2, -0.15) is 0 Å². The first-order valence-electron chi connectivity index (χ1n) is 14.2. The largest absolute Gasteiger partial charge is 0.481 e. The minimum atomic E-state index is -3.79. The lowest BCUT2D eigenvalue weighted by atomic mass is 9.87. The number of pyridine rings is 1. The van der Waals surface area contributed by atoms with E-state index in [9.17, 15) is 13.2 Å². The zero-order valence-electron chi connectivity index (χ0n) is 24.2. The molecule has 1 unspecified atom stereocenters. The molecule has 2 aromatic heterocycles. The smallest absolute Gasteiger partial charge is 0.261 e. The number of ether oxygens (including phenoxy) is 1. The lowest BCUT2D eigenvalue weighted by molar-refractivity contribution is -0.118. The molecule has 1 amide bonds. The molecule has 2 N–H and O–H groups in total. The maximum absolute atomic E-state index is 13.6. The number of hydrogen-bond donors (Lipinski definition) is 2. The summed E-state index contributed by atoms with van der Waals surface area (Å²) in [6, 6.07) is 17.7. The summed E-state index contributed by atoms with van der Waals surface area (Å²) in [5, 5.41) is 3.47. The van der Waals surface area contributed by atoms with Gasteiger partial charge >= 0.3 is 0 Å². The summed E-state index contributed by atoms with van der Waals surface area (Å²) < 4.78 is 34.2. The number of methoxy groups -OCH3 is 1. The molecule has 1 saturated carbocycles. The van der Waals surface area contributed by atoms with Gasteiger partial charge < -0.3 is 15.0 Å². The number of fused-ring (bicyclic) bond motifs is 1. The molecule has 1 aliphatic rings. The molecule has 11 heteroatoms. The topological polar surface area (TPSA) is 114 Å². The maximum Gasteiger partial charge on any atom is 0.261 e. The van der Waals surface area contributed by atoms with Crippen molar-refractivity contribution in [1.29, 1.82) is 0 Å². The van der Waals surface area contributed by atoms with Crippen LogP contribution in [0, 0.1) is 5.92 Å². The number of amides is 1. The zero-order chi connectivity index (χ0) is 29.7. The third-order valence-corrected chi connectivity index (χ3v) is 9.95. The first-order valence-corrected chi connectivity index (χ1v) is 16.5. The van der Waals surface area contributed by atoms with Crippen molar-refractivity contribution in [3.63, 3.8) is 0 Å². The molecule has 4 aromatic rings. The van der Waals surface area contributed by atoms with Crippen LogP contribution in [0.4, 0.5) is 10.8 Å². The quantitative estimate of drug-likeness (QED) is 0.206. The monoisotopic (exact) mass is 607 g/mol. The molecule has 0 saturated heterocycles. The van der Waals surface area contributed by atoms with Gasteiger partial charge in [-0.15, -0.1) is 0 Å². The number of benzene rings is 2. The summed E-state index contributed by atoms with van der Waals surface area (Å²) in [6.45, 7) is 0.921. The number of sulfonamides is 1. The number of anilines is 2. The Labute approximate surface area is 251 Å². The number of likely N-dealkylation sites (N-methyl/N-ethyl adjacent to an activating group) is 1. The first kappa shape index (κ1) is 29.9. The van der Waals surface area contributed by atoms with Gasteiger partial charge in [0.05, 0.1) is 17.9 Å². The van der Waals surface area contributed by atoms with Gasteiger partial charge in [0.2, 0.25) is 11.8 Å². The third-order valence-electron chi connectivity index (χ3n) is 7.68. The van der Waals surface area contributed by atoms with Crippen molar-refractivity contribution in [2.24, 2.45) is 5.92 Å². The fraction of sp³-hybridized carbons (Fsp3) is 0.387. The van der Waals surface area contributed by atoms with Crippen LogP contribution >= 0.6 is 11.3 Å². The minimum Gasteiger partial charge on any atom is -0.481 e. The van der Waals surface area contributed by atoms with Crippen LogP contribution in [0.5, 0.6) is 5.88 Å². The van der Waals surface area contributed by atoms with Crippen molar-refractivity contribution >= 4 is 48.4 Å². The number of rotatable bonds is 12. The van der Waals surface area contributed by atoms with E-state index in [0.29, 0.717) is 39.4 Å². The van der Waals surface area contributed by atoms with Gasteiger partial charge in [-0.3, -0.25) is 9.52 Å². The SMILES string of the molecule is COc1ccc2nc(NC(=O)C(CC3CCCC3)c3ccc(S(=O)(=O)Nc4ccc(CCN(C)C)cc4)cc3)sc2n1. The van der Waals surface area contributed by atoms with Crippen molar-refractivity contribution < 1.29 is 17.9 Å². The second-order valence-corrected chi connectivity index (χ2v) is 13.7. The van der Waals surface area contributed by atoms with Crippen molar-refractivity contribution in [3.8, 4) is 5.88 Å². The molecular weight excluding hydrogens is 571 g/mol. The van der Waals surface area contributed by atoms with E-state index < -0.39 is 15.9 Å². The number of nitrogens with one attached hydrogen (secondary N) is 2. The Morgan fingerprint density at radius 3 is 2.40 bits per heavy atom. The van der Waals surface area contributed by atoms with Crippen LogP contribution in [0.25, 0.3) is 10.3 Å². The van der Waals surface area contributed by atoms with Crippen LogP contribution in [-0.2, 0) is 21.2 Å². The van der Waals surface area contributed by atoms with Crippen LogP contribution in [0.3, 0.4) is 0 Å². The van der Waals surface area contributed by atoms with Crippen molar-refractivity contribution in [1.82, 2.24) is 14.9 Å². The van der Waals surface area contributed by atoms with Gasteiger partial charge in [-0.1, -0.05) is 61.3 Å². The molecule has 222 valence electrons. The number of hydrogen-bond acceptors (Lipinski definition) is 8. The summed E-state index contributed by atoms with van der Waals surface area (Å²) in [5.74, 6) is 0.357. The van der Waals surface area contributed by atoms with Crippen LogP contribution in [0.15, 0.2) is 65.6 Å². The molecule has 9 nitrogen and oxygen atoms in total. The van der Waals surface area contributed by atoms with E-state index >= 15 is 0 Å². The number of carbonyl (C=O) groups is 1. The Hall–Kier alpha value is -3.54. The Bertz CT molecular complexity index is 1610. The molecular formula is C31H37N5O4S2. The predicted octanol–water partition coefficient (Wildman–Crippen LogP) is 5.91. The van der Waals surface area contributed by atoms with Gasteiger partial charge in [-0.05, 0) is 74.3 Å². The summed E-state index contributed by atoms with van der Waals surface area (Å²) in [7, 11) is 1.81. The standard InChI is InChI=1S/C31H37N5O4S2/c1-36(2)19-18-21-8-12-24(13-9-21)35-42(38,39)25-14-10-23(11-15-25)26(20-22-6-4-5-7-22)29(37)34-31-32-27-16-17-28(40-3)33-30(27)41-31/h8-17,22,26,35H,4-7,18-20H2,1-3H3,(H,32,34,37). The summed E-state index contributed by atoms with van der Waals surface area (Å²) >= 11 is 1.30. The highest BCUT2D eigenvalue weighted by atomic mass is 32.2. The number of aromatic nitrogens is 2. The molecule has 0 radical (unpaired) electrons. The maximum atomic E-state index is 13.6. The first-order chi connectivity index (χ1) is 20.2. The van der Waals surface area contributed by atoms with E-state index in [1.807, 2.05) is 32.3 Å². The zero-order valence-corrected chi connectivity index (χ0v) is 25.8. The summed E-state index contributed by atoms with van der Waals surface area (Å²) in [5.41, 5.74) is 3.12. The van der Waals surface area contributed by atoms with Gasteiger partial charge in [0.25, 0.3) is 10.0 Å². The average Bonchev–Trinajstić information content (AvgIpc) is 3.64. The van der Waals surface area contributed by atoms with Crippen LogP contribution in [0.2, 0.25) is 0 Å². The molecule has 1 aliphatic carbocycles. The number of thiazole rings is 1. The van der Waals surface area contributed by atoms with Crippen LogP contribution in [-0.4, -0.2) is 56.9 Å². The van der Waals surface area contributed by atoms with Gasteiger partial charge in [0, 0.05) is 18.3 Å². The predicted molar refractivity (Wildman–Crippen MR) is 168 cm³/mol. The fourth-order valence-electron chi connectivity index (χ4n) is 5.32. The summed E-state index contributed by atoms with van der Waals surface area (Å²) in [6.07, 6.45) is 6.13. The highest BCUT2D eigenvalue weighted by Gasteiger charge is 2.28. The minimum absolute atomic E-state index is 0.147. The average molecular weight is 608 g/mol. The molecule has 0 aliphatic heterocycles. The second kappa shape index (κ2) is 13.2. The molecule has 0 bridgehead atoms. The molecule has 1 atom stereocenters. The third kappa shape index (κ3) is 7.45. The normalized spacial score (nSPS) is 14.8. The van der Waals surface area contributed by atoms with E-state index in [-0.39, 0.29) is 10.8 Å². The Morgan fingerprint density at radius 2 is 1.74 bits per heavy atom. The Kier molecular flexibility index (Phi) is 9.40. The van der Waals surface area contributed by atoms with Gasteiger partial charge in [0.15, 0.2) is 5.13 Å². The molecule has 1 fully saturated rings. The Balaban J connectivity index is 1.31. The lowest BCUT2D eigenvalue weighted by Crippen LogP contribution is -2.23. The van der Waals surface area contributed by atoms with E-state index in [2.05, 4.69) is 24.9 Å². The van der Waals surface area contributed by atoms with E-state index in [1.165, 1.54) is 24.2 Å².